The SMILES string of the molecule is CC1(CNCc2ccnc3ccccc23)CCCCC1. The summed E-state index contributed by atoms with van der Waals surface area (Å²) in [5.74, 6) is 0. The van der Waals surface area contributed by atoms with Crippen LogP contribution in [0.1, 0.15) is 44.6 Å². The molecule has 1 aliphatic carbocycles. The highest BCUT2D eigenvalue weighted by Gasteiger charge is 2.25. The molecule has 1 fully saturated rings. The minimum Gasteiger partial charge on any atom is -0.312 e. The Morgan fingerprint density at radius 1 is 1.10 bits per heavy atom. The number of hydrogen-bond acceptors (Lipinski definition) is 2. The van der Waals surface area contributed by atoms with Gasteiger partial charge in [0.25, 0.3) is 0 Å². The van der Waals surface area contributed by atoms with Gasteiger partial charge in [-0.1, -0.05) is 44.4 Å². The monoisotopic (exact) mass is 268 g/mol. The minimum absolute atomic E-state index is 0.501. The summed E-state index contributed by atoms with van der Waals surface area (Å²) in [6.07, 6.45) is 8.88. The molecule has 0 aliphatic heterocycles. The molecule has 0 unspecified atom stereocenters. The van der Waals surface area contributed by atoms with Crippen molar-refractivity contribution in [2.45, 2.75) is 45.6 Å². The number of para-hydroxylation sites is 1. The summed E-state index contributed by atoms with van der Waals surface area (Å²) in [6, 6.07) is 10.5. The van der Waals surface area contributed by atoms with Gasteiger partial charge in [0.05, 0.1) is 5.52 Å². The normalized spacial score (nSPS) is 18.2. The summed E-state index contributed by atoms with van der Waals surface area (Å²) >= 11 is 0. The second kappa shape index (κ2) is 5.92. The summed E-state index contributed by atoms with van der Waals surface area (Å²) in [6.45, 7) is 4.51. The second-order valence-corrected chi connectivity index (χ2v) is 6.46. The van der Waals surface area contributed by atoms with Crippen LogP contribution in [0, 0.1) is 5.41 Å². The number of benzene rings is 1. The number of pyridine rings is 1. The maximum Gasteiger partial charge on any atom is 0.0705 e. The molecule has 1 aromatic carbocycles. The quantitative estimate of drug-likeness (QED) is 0.894. The lowest BCUT2D eigenvalue weighted by molar-refractivity contribution is 0.207. The summed E-state index contributed by atoms with van der Waals surface area (Å²) in [5, 5.41) is 4.95. The number of hydrogen-bond donors (Lipinski definition) is 1. The molecular weight excluding hydrogens is 244 g/mol. The van der Waals surface area contributed by atoms with Crippen molar-refractivity contribution in [3.05, 3.63) is 42.1 Å². The topological polar surface area (TPSA) is 24.9 Å². The van der Waals surface area contributed by atoms with E-state index in [1.165, 1.54) is 43.1 Å². The maximum atomic E-state index is 4.43. The van der Waals surface area contributed by atoms with Gasteiger partial charge >= 0.3 is 0 Å². The largest absolute Gasteiger partial charge is 0.312 e. The molecule has 2 aromatic rings. The molecule has 20 heavy (non-hydrogen) atoms. The van der Waals surface area contributed by atoms with E-state index in [1.54, 1.807) is 0 Å². The molecule has 1 saturated carbocycles. The van der Waals surface area contributed by atoms with E-state index in [4.69, 9.17) is 0 Å². The Morgan fingerprint density at radius 3 is 2.75 bits per heavy atom. The number of aromatic nitrogens is 1. The standard InChI is InChI=1S/C18H24N2/c1-18(10-5-2-6-11-18)14-19-13-15-9-12-20-17-8-4-3-7-16(15)17/h3-4,7-9,12,19H,2,5-6,10-11,13-14H2,1H3. The third-order valence-electron chi connectivity index (χ3n) is 4.67. The zero-order valence-corrected chi connectivity index (χ0v) is 12.4. The van der Waals surface area contributed by atoms with Gasteiger partial charge < -0.3 is 5.32 Å². The van der Waals surface area contributed by atoms with E-state index in [0.29, 0.717) is 5.41 Å². The fraction of sp³-hybridized carbons (Fsp3) is 0.500. The Kier molecular flexibility index (Phi) is 4.02. The molecule has 0 saturated heterocycles. The van der Waals surface area contributed by atoms with Crippen LogP contribution in [0.2, 0.25) is 0 Å². The van der Waals surface area contributed by atoms with Crippen molar-refractivity contribution in [2.75, 3.05) is 6.54 Å². The molecule has 0 spiro atoms. The fourth-order valence-electron chi connectivity index (χ4n) is 3.39. The Bertz CT molecular complexity index is 565. The van der Waals surface area contributed by atoms with Crippen molar-refractivity contribution in [1.29, 1.82) is 0 Å². The lowest BCUT2D eigenvalue weighted by atomic mass is 9.76. The van der Waals surface area contributed by atoms with E-state index >= 15 is 0 Å². The van der Waals surface area contributed by atoms with Crippen molar-refractivity contribution < 1.29 is 0 Å². The summed E-state index contributed by atoms with van der Waals surface area (Å²) in [4.78, 5) is 4.43. The summed E-state index contributed by atoms with van der Waals surface area (Å²) in [7, 11) is 0. The number of rotatable bonds is 4. The van der Waals surface area contributed by atoms with E-state index in [-0.39, 0.29) is 0 Å². The van der Waals surface area contributed by atoms with Crippen LogP contribution in [-0.4, -0.2) is 11.5 Å². The van der Waals surface area contributed by atoms with Gasteiger partial charge in [-0.2, -0.15) is 0 Å². The Labute approximate surface area is 121 Å². The molecule has 0 radical (unpaired) electrons. The molecule has 1 aromatic heterocycles. The molecular formula is C18H24N2. The average Bonchev–Trinajstić information content (AvgIpc) is 2.48. The molecule has 106 valence electrons. The first kappa shape index (κ1) is 13.6. The lowest BCUT2D eigenvalue weighted by Gasteiger charge is -2.33. The summed E-state index contributed by atoms with van der Waals surface area (Å²) < 4.78 is 0. The predicted molar refractivity (Wildman–Crippen MR) is 84.6 cm³/mol. The van der Waals surface area contributed by atoms with Crippen molar-refractivity contribution in [1.82, 2.24) is 10.3 Å². The van der Waals surface area contributed by atoms with Crippen LogP contribution in [-0.2, 0) is 6.54 Å². The maximum absolute atomic E-state index is 4.43. The highest BCUT2D eigenvalue weighted by atomic mass is 14.9. The fourth-order valence-corrected chi connectivity index (χ4v) is 3.39. The van der Waals surface area contributed by atoms with Crippen molar-refractivity contribution in [3.63, 3.8) is 0 Å². The average molecular weight is 268 g/mol. The van der Waals surface area contributed by atoms with E-state index in [0.717, 1.165) is 18.6 Å². The van der Waals surface area contributed by atoms with Crippen molar-refractivity contribution >= 4 is 10.9 Å². The van der Waals surface area contributed by atoms with E-state index in [9.17, 15) is 0 Å². The Morgan fingerprint density at radius 2 is 1.90 bits per heavy atom. The zero-order valence-electron chi connectivity index (χ0n) is 12.4. The molecule has 0 amide bonds. The van der Waals surface area contributed by atoms with Gasteiger partial charge in [0, 0.05) is 24.7 Å². The predicted octanol–water partition coefficient (Wildman–Crippen LogP) is 4.29. The smallest absolute Gasteiger partial charge is 0.0705 e. The molecule has 2 nitrogen and oxygen atoms in total. The molecule has 2 heteroatoms. The highest BCUT2D eigenvalue weighted by molar-refractivity contribution is 5.81. The van der Waals surface area contributed by atoms with Crippen LogP contribution in [0.3, 0.4) is 0 Å². The van der Waals surface area contributed by atoms with Crippen molar-refractivity contribution in [3.8, 4) is 0 Å². The molecule has 1 heterocycles. The second-order valence-electron chi connectivity index (χ2n) is 6.46. The number of nitrogens with zero attached hydrogens (tertiary/aromatic N) is 1. The van der Waals surface area contributed by atoms with Gasteiger partial charge in [-0.15, -0.1) is 0 Å². The number of fused-ring (bicyclic) bond motifs is 1. The molecule has 3 rings (SSSR count). The van der Waals surface area contributed by atoms with Gasteiger partial charge in [-0.3, -0.25) is 4.98 Å². The van der Waals surface area contributed by atoms with E-state index < -0.39 is 0 Å². The van der Waals surface area contributed by atoms with Crippen molar-refractivity contribution in [2.24, 2.45) is 5.41 Å². The van der Waals surface area contributed by atoms with Crippen LogP contribution in [0.5, 0.6) is 0 Å². The van der Waals surface area contributed by atoms with Crippen LogP contribution in [0.15, 0.2) is 36.5 Å². The van der Waals surface area contributed by atoms with Gasteiger partial charge in [-0.25, -0.2) is 0 Å². The van der Waals surface area contributed by atoms with Crippen LogP contribution in [0.25, 0.3) is 10.9 Å². The molecule has 0 atom stereocenters. The summed E-state index contributed by atoms with van der Waals surface area (Å²) in [5.41, 5.74) is 2.95. The first-order valence-corrected chi connectivity index (χ1v) is 7.80. The van der Waals surface area contributed by atoms with E-state index in [1.807, 2.05) is 6.20 Å². The van der Waals surface area contributed by atoms with E-state index in [2.05, 4.69) is 47.6 Å². The van der Waals surface area contributed by atoms with Crippen LogP contribution in [0.4, 0.5) is 0 Å². The minimum atomic E-state index is 0.501. The lowest BCUT2D eigenvalue weighted by Crippen LogP contribution is -2.33. The van der Waals surface area contributed by atoms with Gasteiger partial charge in [0.2, 0.25) is 0 Å². The third kappa shape index (κ3) is 3.01. The molecule has 0 bridgehead atoms. The number of nitrogens with one attached hydrogen (secondary N) is 1. The van der Waals surface area contributed by atoms with Crippen LogP contribution < -0.4 is 5.32 Å². The Hall–Kier alpha value is -1.41. The molecule has 1 aliphatic rings. The van der Waals surface area contributed by atoms with Gasteiger partial charge in [-0.05, 0) is 36.0 Å². The van der Waals surface area contributed by atoms with Gasteiger partial charge in [0.1, 0.15) is 0 Å². The van der Waals surface area contributed by atoms with Gasteiger partial charge in [0.15, 0.2) is 0 Å². The first-order valence-electron chi connectivity index (χ1n) is 7.80. The highest BCUT2D eigenvalue weighted by Crippen LogP contribution is 2.35. The Balaban J connectivity index is 1.65. The first-order chi connectivity index (χ1) is 9.77. The third-order valence-corrected chi connectivity index (χ3v) is 4.67. The zero-order chi connectivity index (χ0) is 13.8. The van der Waals surface area contributed by atoms with Crippen LogP contribution >= 0.6 is 0 Å². The molecule has 1 N–H and O–H groups in total.